The zero-order chi connectivity index (χ0) is 11.1. The molecule has 15 heavy (non-hydrogen) atoms. The highest BCUT2D eigenvalue weighted by atomic mass is 16.5. The lowest BCUT2D eigenvalue weighted by Gasteiger charge is -2.04. The number of anilines is 1. The van der Waals surface area contributed by atoms with E-state index in [-0.39, 0.29) is 12.5 Å². The normalized spacial score (nSPS) is 9.93. The first-order valence-electron chi connectivity index (χ1n) is 4.68. The van der Waals surface area contributed by atoms with Gasteiger partial charge in [0.2, 0.25) is 5.91 Å². The van der Waals surface area contributed by atoms with Crippen molar-refractivity contribution < 1.29 is 9.53 Å². The highest BCUT2D eigenvalue weighted by molar-refractivity contribution is 5.77. The maximum absolute atomic E-state index is 11.0. The number of hydrogen-bond donors (Lipinski definition) is 2. The Morgan fingerprint density at radius 2 is 2.40 bits per heavy atom. The highest BCUT2D eigenvalue weighted by Gasteiger charge is 1.99. The Morgan fingerprint density at radius 3 is 3.00 bits per heavy atom. The minimum atomic E-state index is -0.110. The number of hydrogen-bond acceptors (Lipinski definition) is 4. The molecule has 0 unspecified atom stereocenters. The standard InChI is InChI=1S/C10H15N3O2/c1-15-7-10(14)12-5-4-8-2-3-9(11)13-6-8/h2-3,6H,4-5,7H2,1H3,(H2,11,13)(H,12,14). The molecule has 0 radical (unpaired) electrons. The molecule has 1 heterocycles. The number of nitrogen functional groups attached to an aromatic ring is 1. The Balaban J connectivity index is 2.26. The third kappa shape index (κ3) is 4.42. The van der Waals surface area contributed by atoms with Crippen LogP contribution in [-0.4, -0.2) is 31.2 Å². The molecule has 0 saturated heterocycles. The summed E-state index contributed by atoms with van der Waals surface area (Å²) < 4.78 is 4.68. The van der Waals surface area contributed by atoms with E-state index in [0.717, 1.165) is 12.0 Å². The van der Waals surface area contributed by atoms with Gasteiger partial charge < -0.3 is 15.8 Å². The first-order chi connectivity index (χ1) is 7.22. The number of methoxy groups -OCH3 is 1. The number of nitrogens with zero attached hydrogens (tertiary/aromatic N) is 1. The average molecular weight is 209 g/mol. The fourth-order valence-corrected chi connectivity index (χ4v) is 1.11. The molecule has 0 atom stereocenters. The summed E-state index contributed by atoms with van der Waals surface area (Å²) >= 11 is 0. The van der Waals surface area contributed by atoms with Crippen LogP contribution in [0.25, 0.3) is 0 Å². The maximum atomic E-state index is 11.0. The fraction of sp³-hybridized carbons (Fsp3) is 0.400. The van der Waals surface area contributed by atoms with Gasteiger partial charge in [0, 0.05) is 19.9 Å². The molecule has 1 aromatic heterocycles. The smallest absolute Gasteiger partial charge is 0.245 e. The Kier molecular flexibility index (Phi) is 4.56. The number of carbonyl (C=O) groups excluding carboxylic acids is 1. The molecule has 0 bridgehead atoms. The summed E-state index contributed by atoms with van der Waals surface area (Å²) in [6.07, 6.45) is 2.44. The van der Waals surface area contributed by atoms with Gasteiger partial charge in [-0.2, -0.15) is 0 Å². The molecule has 0 aliphatic carbocycles. The summed E-state index contributed by atoms with van der Waals surface area (Å²) in [4.78, 5) is 15.0. The number of amides is 1. The number of nitrogens with one attached hydrogen (secondary N) is 1. The van der Waals surface area contributed by atoms with Crippen molar-refractivity contribution in [2.75, 3.05) is 26.0 Å². The van der Waals surface area contributed by atoms with Crippen LogP contribution in [0.2, 0.25) is 0 Å². The molecule has 3 N–H and O–H groups in total. The summed E-state index contributed by atoms with van der Waals surface area (Å²) in [5, 5.41) is 2.72. The minimum absolute atomic E-state index is 0.0972. The zero-order valence-electron chi connectivity index (χ0n) is 8.69. The second-order valence-corrected chi connectivity index (χ2v) is 3.12. The van der Waals surface area contributed by atoms with E-state index in [0.29, 0.717) is 12.4 Å². The largest absolute Gasteiger partial charge is 0.384 e. The van der Waals surface area contributed by atoms with Crippen LogP contribution in [0.5, 0.6) is 0 Å². The molecule has 1 aromatic rings. The SMILES string of the molecule is COCC(=O)NCCc1ccc(N)nc1. The van der Waals surface area contributed by atoms with Gasteiger partial charge in [0.1, 0.15) is 12.4 Å². The number of pyridine rings is 1. The van der Waals surface area contributed by atoms with Gasteiger partial charge >= 0.3 is 0 Å². The zero-order valence-corrected chi connectivity index (χ0v) is 8.69. The monoisotopic (exact) mass is 209 g/mol. The van der Waals surface area contributed by atoms with Gasteiger partial charge in [0.15, 0.2) is 0 Å². The van der Waals surface area contributed by atoms with Gasteiger partial charge in [-0.15, -0.1) is 0 Å². The Morgan fingerprint density at radius 1 is 1.60 bits per heavy atom. The molecule has 0 saturated carbocycles. The molecule has 0 spiro atoms. The van der Waals surface area contributed by atoms with Gasteiger partial charge in [0.25, 0.3) is 0 Å². The molecule has 0 aromatic carbocycles. The van der Waals surface area contributed by atoms with Gasteiger partial charge in [-0.3, -0.25) is 4.79 Å². The Labute approximate surface area is 88.6 Å². The van der Waals surface area contributed by atoms with E-state index in [2.05, 4.69) is 15.0 Å². The van der Waals surface area contributed by atoms with Crippen LogP contribution in [-0.2, 0) is 16.0 Å². The van der Waals surface area contributed by atoms with Crippen molar-refractivity contribution >= 4 is 11.7 Å². The minimum Gasteiger partial charge on any atom is -0.384 e. The molecule has 1 rings (SSSR count). The van der Waals surface area contributed by atoms with Gasteiger partial charge in [-0.05, 0) is 18.1 Å². The Bertz CT molecular complexity index is 311. The molecule has 1 amide bonds. The lowest BCUT2D eigenvalue weighted by atomic mass is 10.2. The number of ether oxygens (including phenoxy) is 1. The Hall–Kier alpha value is -1.62. The van der Waals surface area contributed by atoms with Gasteiger partial charge in [-0.1, -0.05) is 6.07 Å². The molecule has 0 aliphatic heterocycles. The molecule has 82 valence electrons. The average Bonchev–Trinajstić information content (AvgIpc) is 2.21. The van der Waals surface area contributed by atoms with Crippen molar-refractivity contribution in [2.24, 2.45) is 0 Å². The first-order valence-corrected chi connectivity index (χ1v) is 4.68. The first kappa shape index (κ1) is 11.5. The fourth-order valence-electron chi connectivity index (χ4n) is 1.11. The second-order valence-electron chi connectivity index (χ2n) is 3.12. The van der Waals surface area contributed by atoms with Crippen LogP contribution < -0.4 is 11.1 Å². The van der Waals surface area contributed by atoms with E-state index >= 15 is 0 Å². The van der Waals surface area contributed by atoms with E-state index in [1.54, 1.807) is 12.3 Å². The predicted molar refractivity (Wildman–Crippen MR) is 57.2 cm³/mol. The number of rotatable bonds is 5. The van der Waals surface area contributed by atoms with Crippen LogP contribution in [0, 0.1) is 0 Å². The van der Waals surface area contributed by atoms with E-state index in [9.17, 15) is 4.79 Å². The van der Waals surface area contributed by atoms with Crippen LogP contribution in [0.1, 0.15) is 5.56 Å². The van der Waals surface area contributed by atoms with Gasteiger partial charge in [0.05, 0.1) is 0 Å². The topological polar surface area (TPSA) is 77.2 Å². The van der Waals surface area contributed by atoms with Crippen molar-refractivity contribution in [3.63, 3.8) is 0 Å². The maximum Gasteiger partial charge on any atom is 0.245 e. The van der Waals surface area contributed by atoms with Crippen molar-refractivity contribution in [1.29, 1.82) is 0 Å². The van der Waals surface area contributed by atoms with Crippen molar-refractivity contribution in [2.45, 2.75) is 6.42 Å². The summed E-state index contributed by atoms with van der Waals surface area (Å²) in [6, 6.07) is 3.64. The van der Waals surface area contributed by atoms with E-state index < -0.39 is 0 Å². The lowest BCUT2D eigenvalue weighted by molar-refractivity contribution is -0.124. The van der Waals surface area contributed by atoms with Gasteiger partial charge in [-0.25, -0.2) is 4.98 Å². The highest BCUT2D eigenvalue weighted by Crippen LogP contribution is 2.00. The molecule has 0 fully saturated rings. The predicted octanol–water partition coefficient (Wildman–Crippen LogP) is -0.0311. The van der Waals surface area contributed by atoms with Crippen LogP contribution in [0.4, 0.5) is 5.82 Å². The summed E-state index contributed by atoms with van der Waals surface area (Å²) in [5.74, 6) is 0.392. The van der Waals surface area contributed by atoms with Crippen molar-refractivity contribution in [1.82, 2.24) is 10.3 Å². The van der Waals surface area contributed by atoms with E-state index in [1.165, 1.54) is 7.11 Å². The van der Waals surface area contributed by atoms with Crippen LogP contribution in [0.3, 0.4) is 0 Å². The number of carbonyl (C=O) groups is 1. The summed E-state index contributed by atoms with van der Waals surface area (Å²) in [5.41, 5.74) is 6.49. The van der Waals surface area contributed by atoms with Crippen LogP contribution in [0.15, 0.2) is 18.3 Å². The quantitative estimate of drug-likeness (QED) is 0.714. The lowest BCUT2D eigenvalue weighted by Crippen LogP contribution is -2.28. The second kappa shape index (κ2) is 5.98. The molecule has 5 heteroatoms. The van der Waals surface area contributed by atoms with Crippen molar-refractivity contribution in [3.05, 3.63) is 23.9 Å². The molecular weight excluding hydrogens is 194 g/mol. The third-order valence-electron chi connectivity index (χ3n) is 1.86. The number of nitrogens with two attached hydrogens (primary N) is 1. The summed E-state index contributed by atoms with van der Waals surface area (Å²) in [7, 11) is 1.49. The molecule has 0 aliphatic rings. The molecular formula is C10H15N3O2. The van der Waals surface area contributed by atoms with Crippen molar-refractivity contribution in [3.8, 4) is 0 Å². The van der Waals surface area contributed by atoms with E-state index in [4.69, 9.17) is 5.73 Å². The molecule has 5 nitrogen and oxygen atoms in total. The van der Waals surface area contributed by atoms with E-state index in [1.807, 2.05) is 6.07 Å². The van der Waals surface area contributed by atoms with Crippen LogP contribution >= 0.6 is 0 Å². The third-order valence-corrected chi connectivity index (χ3v) is 1.86. The number of aromatic nitrogens is 1. The summed E-state index contributed by atoms with van der Waals surface area (Å²) in [6.45, 7) is 0.674.